The van der Waals surface area contributed by atoms with E-state index in [0.717, 1.165) is 16.8 Å². The zero-order chi connectivity index (χ0) is 21.7. The van der Waals surface area contributed by atoms with Crippen LogP contribution in [0.4, 0.5) is 4.39 Å². The number of thioether (sulfide) groups is 1. The summed E-state index contributed by atoms with van der Waals surface area (Å²) in [5.41, 5.74) is 3.33. The van der Waals surface area contributed by atoms with E-state index in [1.54, 1.807) is 24.3 Å². The fourth-order valence-corrected chi connectivity index (χ4v) is 5.44. The first-order valence-electron chi connectivity index (χ1n) is 10.3. The molecule has 0 radical (unpaired) electrons. The number of benzene rings is 3. The highest BCUT2D eigenvalue weighted by Crippen LogP contribution is 2.53. The van der Waals surface area contributed by atoms with Crippen LogP contribution in [0.2, 0.25) is 0 Å². The van der Waals surface area contributed by atoms with E-state index in [2.05, 4.69) is 5.32 Å². The molecule has 1 fully saturated rings. The van der Waals surface area contributed by atoms with Gasteiger partial charge in [-0.25, -0.2) is 9.40 Å². The molecule has 1 N–H and O–H groups in total. The molecule has 1 saturated heterocycles. The van der Waals surface area contributed by atoms with Crippen molar-refractivity contribution in [2.24, 2.45) is 5.10 Å². The van der Waals surface area contributed by atoms with Gasteiger partial charge in [-0.1, -0.05) is 66.7 Å². The van der Waals surface area contributed by atoms with Gasteiger partial charge in [0.25, 0.3) is 5.91 Å². The highest BCUT2D eigenvalue weighted by atomic mass is 32.2. The molecule has 3 heterocycles. The number of nitrogens with one attached hydrogen (secondary N) is 1. The van der Waals surface area contributed by atoms with Crippen molar-refractivity contribution in [3.8, 4) is 5.75 Å². The maximum atomic E-state index is 14.2. The number of ether oxygens (including phenoxy) is 1. The molecular weight excluding hydrogens is 425 g/mol. The fourth-order valence-electron chi connectivity index (χ4n) is 4.28. The Balaban J connectivity index is 1.44. The molecule has 2 atom stereocenters. The predicted molar refractivity (Wildman–Crippen MR) is 122 cm³/mol. The van der Waals surface area contributed by atoms with Crippen LogP contribution in [-0.2, 0) is 4.79 Å². The standard InChI is InChI=1S/C25H18FN3O2S/c26-19-12-6-4-10-17(19)14-23-24(30)27-25(32-23)29-21(18-11-5-7-13-22(18)31-25)15-20(28-29)16-8-2-1-3-9-16/h1-14,21H,15H2,(H,27,30)/b23-14-/t21-,25+/m0/s1. The van der Waals surface area contributed by atoms with E-state index < -0.39 is 5.18 Å². The van der Waals surface area contributed by atoms with Gasteiger partial charge in [0.15, 0.2) is 0 Å². The molecule has 3 aromatic carbocycles. The third-order valence-corrected chi connectivity index (χ3v) is 6.95. The van der Waals surface area contributed by atoms with Crippen LogP contribution in [0.25, 0.3) is 6.08 Å². The molecule has 0 unspecified atom stereocenters. The number of hydrazone groups is 1. The van der Waals surface area contributed by atoms with Crippen molar-refractivity contribution >= 4 is 29.5 Å². The molecule has 0 aromatic heterocycles. The average molecular weight is 444 g/mol. The van der Waals surface area contributed by atoms with Crippen LogP contribution in [0.5, 0.6) is 5.75 Å². The molecule has 6 rings (SSSR count). The average Bonchev–Trinajstić information content (AvgIpc) is 3.39. The third kappa shape index (κ3) is 3.00. The third-order valence-electron chi connectivity index (χ3n) is 5.78. The molecule has 3 aromatic rings. The maximum Gasteiger partial charge on any atom is 0.336 e. The number of hydrogen-bond acceptors (Lipinski definition) is 5. The van der Waals surface area contributed by atoms with Gasteiger partial charge in [0, 0.05) is 17.5 Å². The molecule has 0 aliphatic carbocycles. The van der Waals surface area contributed by atoms with Crippen molar-refractivity contribution in [2.45, 2.75) is 17.6 Å². The highest BCUT2D eigenvalue weighted by Gasteiger charge is 2.57. The fraction of sp³-hybridized carbons (Fsp3) is 0.120. The second-order valence-corrected chi connectivity index (χ2v) is 8.98. The van der Waals surface area contributed by atoms with Crippen molar-refractivity contribution in [3.05, 3.63) is 106 Å². The van der Waals surface area contributed by atoms with E-state index >= 15 is 0 Å². The van der Waals surface area contributed by atoms with Gasteiger partial charge in [-0.2, -0.15) is 5.10 Å². The second-order valence-electron chi connectivity index (χ2n) is 7.79. The summed E-state index contributed by atoms with van der Waals surface area (Å²) in [4.78, 5) is 13.3. The predicted octanol–water partition coefficient (Wildman–Crippen LogP) is 4.88. The Kier molecular flexibility index (Phi) is 4.33. The number of halogens is 1. The van der Waals surface area contributed by atoms with E-state index in [-0.39, 0.29) is 17.8 Å². The zero-order valence-electron chi connectivity index (χ0n) is 16.9. The Morgan fingerprint density at radius 2 is 1.81 bits per heavy atom. The highest BCUT2D eigenvalue weighted by molar-refractivity contribution is 8.05. The van der Waals surface area contributed by atoms with Crippen LogP contribution in [0.3, 0.4) is 0 Å². The molecule has 3 aliphatic heterocycles. The molecule has 0 bridgehead atoms. The number of nitrogens with zero attached hydrogens (tertiary/aromatic N) is 2. The summed E-state index contributed by atoms with van der Waals surface area (Å²) in [5, 5.41) is 8.47. The summed E-state index contributed by atoms with van der Waals surface area (Å²) in [7, 11) is 0. The van der Waals surface area contributed by atoms with E-state index in [1.807, 2.05) is 59.6 Å². The molecule has 3 aliphatic rings. The summed E-state index contributed by atoms with van der Waals surface area (Å²) in [5.74, 6) is 0.00522. The van der Waals surface area contributed by atoms with E-state index in [4.69, 9.17) is 9.84 Å². The molecule has 1 amide bonds. The Labute approximate surface area is 188 Å². The van der Waals surface area contributed by atoms with E-state index in [0.29, 0.717) is 22.6 Å². The number of rotatable bonds is 2. The largest absolute Gasteiger partial charge is 0.439 e. The smallest absolute Gasteiger partial charge is 0.336 e. The Morgan fingerprint density at radius 1 is 1.06 bits per heavy atom. The van der Waals surface area contributed by atoms with Gasteiger partial charge in [0.05, 0.1) is 16.7 Å². The van der Waals surface area contributed by atoms with Gasteiger partial charge in [-0.05, 0) is 35.5 Å². The molecular formula is C25H18FN3O2S. The van der Waals surface area contributed by atoms with Gasteiger partial charge < -0.3 is 4.74 Å². The summed E-state index contributed by atoms with van der Waals surface area (Å²) in [6, 6.07) is 24.1. The quantitative estimate of drug-likeness (QED) is 0.574. The number of carbonyl (C=O) groups is 1. The molecule has 158 valence electrons. The molecule has 1 spiro atoms. The lowest BCUT2D eigenvalue weighted by atomic mass is 9.97. The van der Waals surface area contributed by atoms with Crippen LogP contribution in [0.1, 0.15) is 29.2 Å². The Hall–Kier alpha value is -3.58. The van der Waals surface area contributed by atoms with Gasteiger partial charge in [-0.3, -0.25) is 10.1 Å². The SMILES string of the molecule is O=C1N[C@@]2(Oc3ccccc3[C@@H]3CC(c4ccccc4)=NN32)S/C1=C\c1ccccc1F. The Morgan fingerprint density at radius 3 is 2.66 bits per heavy atom. The number of hydrogen-bond donors (Lipinski definition) is 1. The van der Waals surface area contributed by atoms with Gasteiger partial charge >= 0.3 is 5.18 Å². The number of amides is 1. The normalized spacial score (nSPS) is 24.7. The lowest BCUT2D eigenvalue weighted by molar-refractivity contribution is -0.127. The minimum absolute atomic E-state index is 0.0873. The lowest BCUT2D eigenvalue weighted by Gasteiger charge is -2.43. The summed E-state index contributed by atoms with van der Waals surface area (Å²) >= 11 is 1.21. The van der Waals surface area contributed by atoms with Gasteiger partial charge in [0.1, 0.15) is 11.6 Å². The molecule has 32 heavy (non-hydrogen) atoms. The van der Waals surface area contributed by atoms with Crippen LogP contribution in [-0.4, -0.2) is 21.8 Å². The number of para-hydroxylation sites is 1. The van der Waals surface area contributed by atoms with Crippen molar-refractivity contribution in [1.29, 1.82) is 0 Å². The number of fused-ring (bicyclic) bond motifs is 4. The first-order valence-corrected chi connectivity index (χ1v) is 11.1. The van der Waals surface area contributed by atoms with Crippen LogP contribution in [0, 0.1) is 5.82 Å². The zero-order valence-corrected chi connectivity index (χ0v) is 17.7. The molecule has 0 saturated carbocycles. The van der Waals surface area contributed by atoms with E-state index in [1.165, 1.54) is 17.8 Å². The monoisotopic (exact) mass is 443 g/mol. The second kappa shape index (κ2) is 7.24. The first-order chi connectivity index (χ1) is 15.6. The topological polar surface area (TPSA) is 53.9 Å². The molecule has 5 nitrogen and oxygen atoms in total. The van der Waals surface area contributed by atoms with Crippen molar-refractivity contribution < 1.29 is 13.9 Å². The molecule has 7 heteroatoms. The van der Waals surface area contributed by atoms with Crippen molar-refractivity contribution in [2.75, 3.05) is 0 Å². The lowest BCUT2D eigenvalue weighted by Crippen LogP contribution is -2.58. The minimum atomic E-state index is -1.23. The summed E-state index contributed by atoms with van der Waals surface area (Å²) in [6.07, 6.45) is 2.25. The van der Waals surface area contributed by atoms with Crippen LogP contribution < -0.4 is 10.1 Å². The van der Waals surface area contributed by atoms with Crippen molar-refractivity contribution in [1.82, 2.24) is 10.3 Å². The van der Waals surface area contributed by atoms with Crippen LogP contribution >= 0.6 is 11.8 Å². The Bertz CT molecular complexity index is 1290. The van der Waals surface area contributed by atoms with E-state index in [9.17, 15) is 9.18 Å². The van der Waals surface area contributed by atoms with Crippen molar-refractivity contribution in [3.63, 3.8) is 0 Å². The maximum absolute atomic E-state index is 14.2. The number of carbonyl (C=O) groups excluding carboxylic acids is 1. The summed E-state index contributed by atoms with van der Waals surface area (Å²) in [6.45, 7) is 0. The minimum Gasteiger partial charge on any atom is -0.439 e. The summed E-state index contributed by atoms with van der Waals surface area (Å²) < 4.78 is 20.6. The van der Waals surface area contributed by atoms with Gasteiger partial charge in [-0.15, -0.1) is 0 Å². The van der Waals surface area contributed by atoms with Gasteiger partial charge in [0.2, 0.25) is 0 Å². The van der Waals surface area contributed by atoms with Crippen LogP contribution in [0.15, 0.2) is 88.9 Å². The first kappa shape index (κ1) is 19.1.